The molecular formula is C16H17F2N5O. The van der Waals surface area contributed by atoms with Crippen LogP contribution in [0.25, 0.3) is 5.82 Å². The molecule has 0 bridgehead atoms. The van der Waals surface area contributed by atoms with Gasteiger partial charge in [-0.1, -0.05) is 6.42 Å². The predicted octanol–water partition coefficient (Wildman–Crippen LogP) is 1.83. The number of pyridine rings is 1. The van der Waals surface area contributed by atoms with Crippen molar-refractivity contribution in [1.29, 1.82) is 0 Å². The third-order valence-electron chi connectivity index (χ3n) is 5.12. The minimum atomic E-state index is -1.91. The van der Waals surface area contributed by atoms with E-state index in [1.807, 2.05) is 0 Å². The number of hydrogen-bond acceptors (Lipinski definition) is 4. The van der Waals surface area contributed by atoms with Crippen LogP contribution in [0.2, 0.25) is 0 Å². The Morgan fingerprint density at radius 1 is 1.29 bits per heavy atom. The van der Waals surface area contributed by atoms with Crippen molar-refractivity contribution in [3.05, 3.63) is 36.4 Å². The first kappa shape index (κ1) is 15.2. The molecule has 2 aromatic heterocycles. The van der Waals surface area contributed by atoms with Gasteiger partial charge in [0.05, 0.1) is 6.20 Å². The van der Waals surface area contributed by atoms with E-state index in [0.717, 1.165) is 25.5 Å². The molecule has 6 nitrogen and oxygen atoms in total. The van der Waals surface area contributed by atoms with Crippen LogP contribution in [0.4, 0.5) is 14.6 Å². The Bertz CT molecular complexity index is 771. The number of nitrogens with zero attached hydrogens (tertiary/aromatic N) is 3. The van der Waals surface area contributed by atoms with Crippen LogP contribution in [0.5, 0.6) is 0 Å². The second kappa shape index (κ2) is 5.34. The number of hydrogen-bond donors (Lipinski definition) is 2. The molecule has 1 aliphatic carbocycles. The molecule has 24 heavy (non-hydrogen) atoms. The molecular weight excluding hydrogens is 316 g/mol. The van der Waals surface area contributed by atoms with E-state index in [1.165, 1.54) is 16.8 Å². The molecule has 2 aromatic rings. The summed E-state index contributed by atoms with van der Waals surface area (Å²) >= 11 is 0. The fourth-order valence-corrected chi connectivity index (χ4v) is 3.54. The number of anilines is 1. The first-order chi connectivity index (χ1) is 11.5. The molecule has 1 unspecified atom stereocenters. The van der Waals surface area contributed by atoms with E-state index in [4.69, 9.17) is 0 Å². The minimum Gasteiger partial charge on any atom is -0.312 e. The number of carbonyl (C=O) groups is 1. The second-order valence-electron chi connectivity index (χ2n) is 6.47. The van der Waals surface area contributed by atoms with E-state index in [0.29, 0.717) is 12.4 Å². The smallest absolute Gasteiger partial charge is 0.265 e. The summed E-state index contributed by atoms with van der Waals surface area (Å²) in [6.45, 7) is 0.559. The third kappa shape index (κ3) is 2.21. The molecule has 2 aliphatic rings. The zero-order valence-electron chi connectivity index (χ0n) is 12.9. The van der Waals surface area contributed by atoms with E-state index in [1.54, 1.807) is 12.3 Å². The first-order valence-electron chi connectivity index (χ1n) is 7.91. The molecule has 2 fully saturated rings. The second-order valence-corrected chi connectivity index (χ2v) is 6.47. The highest BCUT2D eigenvalue weighted by atomic mass is 19.1. The van der Waals surface area contributed by atoms with Crippen LogP contribution in [0, 0.1) is 11.2 Å². The SMILES string of the molecule is O=C(Nc1ccn(-c2ccc(F)cn2)n1)C1(F)CNCC12CCC2. The van der Waals surface area contributed by atoms with Gasteiger partial charge in [-0.15, -0.1) is 5.10 Å². The van der Waals surface area contributed by atoms with Crippen LogP contribution < -0.4 is 10.6 Å². The van der Waals surface area contributed by atoms with Gasteiger partial charge < -0.3 is 10.6 Å². The van der Waals surface area contributed by atoms with E-state index in [2.05, 4.69) is 20.7 Å². The van der Waals surface area contributed by atoms with Gasteiger partial charge in [-0.25, -0.2) is 18.4 Å². The maximum atomic E-state index is 15.3. The Morgan fingerprint density at radius 3 is 2.79 bits per heavy atom. The summed E-state index contributed by atoms with van der Waals surface area (Å²) in [5, 5.41) is 9.72. The summed E-state index contributed by atoms with van der Waals surface area (Å²) in [6, 6.07) is 4.29. The Kier molecular flexibility index (Phi) is 3.38. The summed E-state index contributed by atoms with van der Waals surface area (Å²) in [4.78, 5) is 16.4. The number of aromatic nitrogens is 3. The summed E-state index contributed by atoms with van der Waals surface area (Å²) in [5.74, 6) is -0.461. The van der Waals surface area contributed by atoms with E-state index >= 15 is 4.39 Å². The molecule has 1 spiro atoms. The molecule has 1 amide bonds. The van der Waals surface area contributed by atoms with Crippen molar-refractivity contribution in [2.45, 2.75) is 24.9 Å². The van der Waals surface area contributed by atoms with Gasteiger partial charge in [-0.2, -0.15) is 0 Å². The Balaban J connectivity index is 1.52. The van der Waals surface area contributed by atoms with Gasteiger partial charge >= 0.3 is 0 Å². The van der Waals surface area contributed by atoms with Crippen LogP contribution in [-0.4, -0.2) is 39.4 Å². The average molecular weight is 333 g/mol. The van der Waals surface area contributed by atoms with Crippen molar-refractivity contribution >= 4 is 11.7 Å². The molecule has 1 atom stereocenters. The molecule has 3 heterocycles. The number of alkyl halides is 1. The normalized spacial score (nSPS) is 24.8. The molecule has 4 rings (SSSR count). The van der Waals surface area contributed by atoms with Crippen LogP contribution in [0.3, 0.4) is 0 Å². The molecule has 0 radical (unpaired) electrons. The third-order valence-corrected chi connectivity index (χ3v) is 5.12. The molecule has 1 aliphatic heterocycles. The van der Waals surface area contributed by atoms with E-state index in [-0.39, 0.29) is 12.4 Å². The van der Waals surface area contributed by atoms with Crippen LogP contribution in [0.15, 0.2) is 30.6 Å². The standard InChI is InChI=1S/C16H17F2N5O/c17-11-2-3-13(20-8-11)23-7-4-12(22-23)21-14(24)16(18)10-19-9-15(16)5-1-6-15/h2-4,7-8,19H,1,5-6,9-10H2,(H,21,22,24). The fourth-order valence-electron chi connectivity index (χ4n) is 3.54. The Labute approximate surface area is 137 Å². The van der Waals surface area contributed by atoms with Gasteiger partial charge in [0.1, 0.15) is 5.82 Å². The first-order valence-corrected chi connectivity index (χ1v) is 7.91. The lowest BCUT2D eigenvalue weighted by atomic mass is 9.61. The highest BCUT2D eigenvalue weighted by Gasteiger charge is 2.63. The largest absolute Gasteiger partial charge is 0.312 e. The molecule has 126 valence electrons. The summed E-state index contributed by atoms with van der Waals surface area (Å²) in [6.07, 6.45) is 5.05. The van der Waals surface area contributed by atoms with Crippen LogP contribution in [-0.2, 0) is 4.79 Å². The predicted molar refractivity (Wildman–Crippen MR) is 82.9 cm³/mol. The Hall–Kier alpha value is -2.35. The number of halogens is 2. The lowest BCUT2D eigenvalue weighted by Gasteiger charge is -2.45. The van der Waals surface area contributed by atoms with Gasteiger partial charge in [-0.3, -0.25) is 4.79 Å². The van der Waals surface area contributed by atoms with Crippen molar-refractivity contribution < 1.29 is 13.6 Å². The highest BCUT2D eigenvalue weighted by molar-refractivity contribution is 5.98. The van der Waals surface area contributed by atoms with E-state index in [9.17, 15) is 9.18 Å². The summed E-state index contributed by atoms with van der Waals surface area (Å²) in [5.41, 5.74) is -2.50. The van der Waals surface area contributed by atoms with E-state index < -0.39 is 22.8 Å². The van der Waals surface area contributed by atoms with Gasteiger partial charge in [0.25, 0.3) is 5.91 Å². The lowest BCUT2D eigenvalue weighted by molar-refractivity contribution is -0.137. The maximum Gasteiger partial charge on any atom is 0.265 e. The van der Waals surface area contributed by atoms with Crippen molar-refractivity contribution in [2.24, 2.45) is 5.41 Å². The maximum absolute atomic E-state index is 15.3. The monoisotopic (exact) mass is 333 g/mol. The summed E-state index contributed by atoms with van der Waals surface area (Å²) < 4.78 is 29.6. The number of rotatable bonds is 3. The highest BCUT2D eigenvalue weighted by Crippen LogP contribution is 2.53. The zero-order chi connectivity index (χ0) is 16.8. The fraction of sp³-hybridized carbons (Fsp3) is 0.438. The minimum absolute atomic E-state index is 0.0268. The lowest BCUT2D eigenvalue weighted by Crippen LogP contribution is -2.55. The van der Waals surface area contributed by atoms with Crippen LogP contribution >= 0.6 is 0 Å². The summed E-state index contributed by atoms with van der Waals surface area (Å²) in [7, 11) is 0. The number of amides is 1. The quantitative estimate of drug-likeness (QED) is 0.899. The van der Waals surface area contributed by atoms with Gasteiger partial charge in [0, 0.05) is 30.8 Å². The average Bonchev–Trinajstić information content (AvgIpc) is 3.13. The molecule has 1 saturated carbocycles. The zero-order valence-corrected chi connectivity index (χ0v) is 12.9. The van der Waals surface area contributed by atoms with Gasteiger partial charge in [-0.05, 0) is 25.0 Å². The molecule has 1 saturated heterocycles. The van der Waals surface area contributed by atoms with Gasteiger partial charge in [0.15, 0.2) is 11.6 Å². The number of nitrogens with one attached hydrogen (secondary N) is 2. The van der Waals surface area contributed by atoms with Crippen molar-refractivity contribution in [1.82, 2.24) is 20.1 Å². The van der Waals surface area contributed by atoms with Crippen molar-refractivity contribution in [3.8, 4) is 5.82 Å². The van der Waals surface area contributed by atoms with Crippen molar-refractivity contribution in [2.75, 3.05) is 18.4 Å². The topological polar surface area (TPSA) is 71.8 Å². The number of carbonyl (C=O) groups excluding carboxylic acids is 1. The van der Waals surface area contributed by atoms with Crippen LogP contribution in [0.1, 0.15) is 19.3 Å². The molecule has 0 aromatic carbocycles. The van der Waals surface area contributed by atoms with Crippen molar-refractivity contribution in [3.63, 3.8) is 0 Å². The Morgan fingerprint density at radius 2 is 2.12 bits per heavy atom. The molecule has 8 heteroatoms. The molecule has 2 N–H and O–H groups in total. The van der Waals surface area contributed by atoms with Gasteiger partial charge in [0.2, 0.25) is 5.67 Å².